The first kappa shape index (κ1) is 23.3. The number of likely N-dealkylation sites (tertiary alicyclic amines) is 2. The third-order valence-electron chi connectivity index (χ3n) is 7.46. The molecule has 5 heteroatoms. The maximum atomic E-state index is 4.88. The number of rotatable bonds is 8. The first-order valence-electron chi connectivity index (χ1n) is 13.0. The fourth-order valence-electron chi connectivity index (χ4n) is 5.87. The van der Waals surface area contributed by atoms with E-state index in [0.717, 1.165) is 60.2 Å². The van der Waals surface area contributed by atoms with Crippen molar-refractivity contribution in [2.45, 2.75) is 66.1 Å². The minimum absolute atomic E-state index is 0.745. The summed E-state index contributed by atoms with van der Waals surface area (Å²) in [4.78, 5) is 15.1. The zero-order chi connectivity index (χ0) is 23.8. The standard InChI is InChI=1S/C29H39N5/c1-6-27-31-28-21(4)14-22(5)30-29(28)34(27)17-24-11-9-23(10-12-24)8-7-13-32-18-26-15-25(32)19-33(26)16-20(2)3/h7-12,14,20,25-26H,6,13,15-19H2,1-5H3/t25-,26-/m1/s1. The summed E-state index contributed by atoms with van der Waals surface area (Å²) in [6, 6.07) is 12.6. The van der Waals surface area contributed by atoms with Gasteiger partial charge in [0.05, 0.1) is 6.54 Å². The highest BCUT2D eigenvalue weighted by atomic mass is 15.3. The van der Waals surface area contributed by atoms with Gasteiger partial charge in [-0.05, 0) is 48.9 Å². The minimum Gasteiger partial charge on any atom is -0.308 e. The Morgan fingerprint density at radius 1 is 1.03 bits per heavy atom. The quantitative estimate of drug-likeness (QED) is 0.472. The van der Waals surface area contributed by atoms with Crippen LogP contribution in [-0.4, -0.2) is 62.6 Å². The number of aryl methyl sites for hydroxylation is 3. The number of piperazine rings is 1. The lowest BCUT2D eigenvalue weighted by Crippen LogP contribution is -2.47. The predicted molar refractivity (Wildman–Crippen MR) is 141 cm³/mol. The van der Waals surface area contributed by atoms with Crippen molar-refractivity contribution in [3.05, 3.63) is 64.6 Å². The van der Waals surface area contributed by atoms with E-state index in [4.69, 9.17) is 9.97 Å². The van der Waals surface area contributed by atoms with Gasteiger partial charge in [-0.25, -0.2) is 9.97 Å². The molecule has 0 unspecified atom stereocenters. The zero-order valence-electron chi connectivity index (χ0n) is 21.5. The fourth-order valence-corrected chi connectivity index (χ4v) is 5.87. The summed E-state index contributed by atoms with van der Waals surface area (Å²) in [5, 5.41) is 0. The Kier molecular flexibility index (Phi) is 6.59. The van der Waals surface area contributed by atoms with Crippen molar-refractivity contribution in [1.82, 2.24) is 24.3 Å². The van der Waals surface area contributed by atoms with Crippen molar-refractivity contribution in [3.63, 3.8) is 0 Å². The summed E-state index contributed by atoms with van der Waals surface area (Å²) >= 11 is 0. The molecule has 2 bridgehead atoms. The summed E-state index contributed by atoms with van der Waals surface area (Å²) in [5.74, 6) is 1.87. The molecular formula is C29H39N5. The van der Waals surface area contributed by atoms with Gasteiger partial charge in [0.25, 0.3) is 0 Å². The Bertz CT molecular complexity index is 1170. The highest BCUT2D eigenvalue weighted by Crippen LogP contribution is 2.31. The second-order valence-corrected chi connectivity index (χ2v) is 10.7. The minimum atomic E-state index is 0.745. The summed E-state index contributed by atoms with van der Waals surface area (Å²) in [6.07, 6.45) is 6.88. The Morgan fingerprint density at radius 2 is 1.76 bits per heavy atom. The Morgan fingerprint density at radius 3 is 2.44 bits per heavy atom. The Hall–Kier alpha value is -2.50. The number of imidazole rings is 1. The Labute approximate surface area is 204 Å². The van der Waals surface area contributed by atoms with Gasteiger partial charge in [-0.15, -0.1) is 0 Å². The van der Waals surface area contributed by atoms with Crippen LogP contribution in [0.15, 0.2) is 36.4 Å². The molecular weight excluding hydrogens is 418 g/mol. The maximum absolute atomic E-state index is 4.88. The van der Waals surface area contributed by atoms with Gasteiger partial charge in [-0.2, -0.15) is 0 Å². The van der Waals surface area contributed by atoms with Gasteiger partial charge in [0, 0.05) is 50.4 Å². The van der Waals surface area contributed by atoms with Crippen LogP contribution in [0, 0.1) is 19.8 Å². The third kappa shape index (κ3) is 4.69. The average Bonchev–Trinajstić information content (AvgIpc) is 3.47. The number of fused-ring (bicyclic) bond motifs is 3. The lowest BCUT2D eigenvalue weighted by molar-refractivity contribution is 0.127. The van der Waals surface area contributed by atoms with Crippen molar-refractivity contribution < 1.29 is 0 Å². The highest BCUT2D eigenvalue weighted by Gasteiger charge is 2.42. The van der Waals surface area contributed by atoms with E-state index in [2.05, 4.69) is 91.5 Å². The molecule has 4 heterocycles. The number of aromatic nitrogens is 3. The first-order valence-corrected chi connectivity index (χ1v) is 13.0. The molecule has 2 saturated heterocycles. The average molecular weight is 458 g/mol. The van der Waals surface area contributed by atoms with E-state index in [1.165, 1.54) is 42.7 Å². The molecule has 2 fully saturated rings. The van der Waals surface area contributed by atoms with Crippen molar-refractivity contribution in [2.75, 3.05) is 26.2 Å². The Balaban J connectivity index is 1.21. The van der Waals surface area contributed by atoms with E-state index >= 15 is 0 Å². The van der Waals surface area contributed by atoms with E-state index in [1.807, 2.05) is 0 Å². The van der Waals surface area contributed by atoms with Crippen LogP contribution in [0.1, 0.15) is 55.4 Å². The molecule has 0 N–H and O–H groups in total. The van der Waals surface area contributed by atoms with Gasteiger partial charge in [-0.3, -0.25) is 9.80 Å². The van der Waals surface area contributed by atoms with Crippen LogP contribution in [0.3, 0.4) is 0 Å². The fraction of sp³-hybridized carbons (Fsp3) is 0.517. The van der Waals surface area contributed by atoms with Gasteiger partial charge in [0.15, 0.2) is 5.65 Å². The number of nitrogens with zero attached hydrogens (tertiary/aromatic N) is 5. The predicted octanol–water partition coefficient (Wildman–Crippen LogP) is 5.09. The molecule has 180 valence electrons. The number of hydrogen-bond donors (Lipinski definition) is 0. The van der Waals surface area contributed by atoms with E-state index in [1.54, 1.807) is 0 Å². The van der Waals surface area contributed by atoms with E-state index < -0.39 is 0 Å². The van der Waals surface area contributed by atoms with Gasteiger partial charge in [0.1, 0.15) is 11.3 Å². The monoisotopic (exact) mass is 457 g/mol. The summed E-state index contributed by atoms with van der Waals surface area (Å²) < 4.78 is 2.28. The largest absolute Gasteiger partial charge is 0.308 e. The van der Waals surface area contributed by atoms with Crippen molar-refractivity contribution in [1.29, 1.82) is 0 Å². The second-order valence-electron chi connectivity index (χ2n) is 10.7. The SMILES string of the molecule is CCc1nc2c(C)cc(C)nc2n1Cc1ccc(C=CCN2C[C@H]3C[C@@H]2CN3CC(C)C)cc1. The van der Waals surface area contributed by atoms with E-state index in [0.29, 0.717) is 0 Å². The van der Waals surface area contributed by atoms with Gasteiger partial charge < -0.3 is 4.57 Å². The van der Waals surface area contributed by atoms with Gasteiger partial charge >= 0.3 is 0 Å². The molecule has 5 nitrogen and oxygen atoms in total. The lowest BCUT2D eigenvalue weighted by atomic mass is 10.1. The van der Waals surface area contributed by atoms with Crippen molar-refractivity contribution in [3.8, 4) is 0 Å². The van der Waals surface area contributed by atoms with Crippen LogP contribution in [-0.2, 0) is 13.0 Å². The molecule has 5 rings (SSSR count). The van der Waals surface area contributed by atoms with Crippen LogP contribution in [0.5, 0.6) is 0 Å². The molecule has 2 aliphatic heterocycles. The van der Waals surface area contributed by atoms with Crippen molar-refractivity contribution in [2.24, 2.45) is 5.92 Å². The summed E-state index contributed by atoms with van der Waals surface area (Å²) in [7, 11) is 0. The lowest BCUT2D eigenvalue weighted by Gasteiger charge is -2.34. The van der Waals surface area contributed by atoms with E-state index in [-0.39, 0.29) is 0 Å². The molecule has 0 saturated carbocycles. The first-order chi connectivity index (χ1) is 16.4. The van der Waals surface area contributed by atoms with Crippen molar-refractivity contribution >= 4 is 17.2 Å². The zero-order valence-corrected chi connectivity index (χ0v) is 21.5. The number of pyridine rings is 1. The van der Waals surface area contributed by atoms with Crippen LogP contribution in [0.4, 0.5) is 0 Å². The molecule has 0 amide bonds. The van der Waals surface area contributed by atoms with Crippen LogP contribution >= 0.6 is 0 Å². The molecule has 2 atom stereocenters. The number of benzene rings is 1. The topological polar surface area (TPSA) is 37.2 Å². The molecule has 2 aliphatic rings. The normalized spacial score (nSPS) is 21.1. The molecule has 34 heavy (non-hydrogen) atoms. The van der Waals surface area contributed by atoms with Crippen LogP contribution in [0.2, 0.25) is 0 Å². The molecule has 1 aromatic carbocycles. The smallest absolute Gasteiger partial charge is 0.160 e. The maximum Gasteiger partial charge on any atom is 0.160 e. The van der Waals surface area contributed by atoms with Crippen LogP contribution < -0.4 is 0 Å². The van der Waals surface area contributed by atoms with Gasteiger partial charge in [0.2, 0.25) is 0 Å². The molecule has 3 aromatic rings. The highest BCUT2D eigenvalue weighted by molar-refractivity contribution is 5.76. The summed E-state index contributed by atoms with van der Waals surface area (Å²) in [5.41, 5.74) is 6.85. The summed E-state index contributed by atoms with van der Waals surface area (Å²) in [6.45, 7) is 16.6. The molecule has 0 aliphatic carbocycles. The van der Waals surface area contributed by atoms with Crippen LogP contribution in [0.25, 0.3) is 17.2 Å². The van der Waals surface area contributed by atoms with E-state index in [9.17, 15) is 0 Å². The second kappa shape index (κ2) is 9.63. The molecule has 2 aromatic heterocycles. The van der Waals surface area contributed by atoms with Gasteiger partial charge in [-0.1, -0.05) is 57.2 Å². The molecule has 0 spiro atoms. The molecule has 0 radical (unpaired) electrons. The third-order valence-corrected chi connectivity index (χ3v) is 7.46. The number of hydrogen-bond acceptors (Lipinski definition) is 4.